The Kier molecular flexibility index (Phi) is 2.06. The lowest BCUT2D eigenvalue weighted by Gasteiger charge is -1.91. The molecule has 0 aliphatic heterocycles. The van der Waals surface area contributed by atoms with Crippen LogP contribution in [-0.4, -0.2) is 4.98 Å². The van der Waals surface area contributed by atoms with E-state index < -0.39 is 0 Å². The van der Waals surface area contributed by atoms with Crippen molar-refractivity contribution in [2.75, 3.05) is 0 Å². The van der Waals surface area contributed by atoms with Crippen LogP contribution in [0.3, 0.4) is 0 Å². The van der Waals surface area contributed by atoms with E-state index in [1.54, 1.807) is 11.3 Å². The molecule has 1 rings (SSSR count). The largest absolute Gasteiger partial charge is 0.402 e. The summed E-state index contributed by atoms with van der Waals surface area (Å²) in [4.78, 5) is 5.28. The molecule has 2 nitrogen and oxygen atoms in total. The molecule has 54 valence electrons. The number of thiazole rings is 1. The molecule has 10 heavy (non-hydrogen) atoms. The van der Waals surface area contributed by atoms with Crippen LogP contribution in [-0.2, 0) is 6.42 Å². The Balaban J connectivity index is 2.67. The van der Waals surface area contributed by atoms with Gasteiger partial charge in [-0.25, -0.2) is 4.98 Å². The molecule has 0 bridgehead atoms. The predicted molar refractivity (Wildman–Crippen MR) is 43.9 cm³/mol. The monoisotopic (exact) mass is 154 g/mol. The normalized spacial score (nSPS) is 9.70. The van der Waals surface area contributed by atoms with E-state index in [-0.39, 0.29) is 0 Å². The summed E-state index contributed by atoms with van der Waals surface area (Å²) in [5, 5.41) is 1.08. The van der Waals surface area contributed by atoms with Gasteiger partial charge in [0.05, 0.1) is 5.01 Å². The van der Waals surface area contributed by atoms with E-state index in [0.29, 0.717) is 5.70 Å². The SMILES string of the molecule is C=C(N)Cc1cnc(C)s1. The van der Waals surface area contributed by atoms with Gasteiger partial charge in [-0.1, -0.05) is 6.58 Å². The number of nitrogens with zero attached hydrogens (tertiary/aromatic N) is 1. The van der Waals surface area contributed by atoms with Gasteiger partial charge < -0.3 is 5.73 Å². The molecule has 3 heteroatoms. The van der Waals surface area contributed by atoms with Crippen molar-refractivity contribution in [2.24, 2.45) is 5.73 Å². The fourth-order valence-corrected chi connectivity index (χ4v) is 1.56. The zero-order chi connectivity index (χ0) is 7.56. The third-order valence-corrected chi connectivity index (χ3v) is 1.98. The lowest BCUT2D eigenvalue weighted by Crippen LogP contribution is -1.96. The first-order chi connectivity index (χ1) is 4.68. The van der Waals surface area contributed by atoms with Gasteiger partial charge in [0, 0.05) is 23.2 Å². The maximum atomic E-state index is 5.42. The van der Waals surface area contributed by atoms with Crippen LogP contribution in [0.4, 0.5) is 0 Å². The Bertz CT molecular complexity index is 240. The van der Waals surface area contributed by atoms with Gasteiger partial charge in [-0.2, -0.15) is 0 Å². The average Bonchev–Trinajstić information content (AvgIpc) is 2.13. The second kappa shape index (κ2) is 2.84. The van der Waals surface area contributed by atoms with Crippen molar-refractivity contribution in [3.63, 3.8) is 0 Å². The van der Waals surface area contributed by atoms with E-state index in [1.807, 2.05) is 13.1 Å². The molecule has 0 unspecified atom stereocenters. The van der Waals surface area contributed by atoms with E-state index in [1.165, 1.54) is 4.88 Å². The summed E-state index contributed by atoms with van der Waals surface area (Å²) in [7, 11) is 0. The molecule has 0 amide bonds. The third kappa shape index (κ3) is 1.84. The zero-order valence-corrected chi connectivity index (χ0v) is 6.74. The standard InChI is InChI=1S/C7H10N2S/c1-5(8)3-7-4-9-6(2)10-7/h4H,1,3,8H2,2H3. The summed E-state index contributed by atoms with van der Waals surface area (Å²) in [6, 6.07) is 0. The highest BCUT2D eigenvalue weighted by atomic mass is 32.1. The zero-order valence-electron chi connectivity index (χ0n) is 5.92. The topological polar surface area (TPSA) is 38.9 Å². The van der Waals surface area contributed by atoms with E-state index in [4.69, 9.17) is 5.73 Å². The summed E-state index contributed by atoms with van der Waals surface area (Å²) in [6.07, 6.45) is 2.60. The number of aryl methyl sites for hydroxylation is 1. The molecule has 0 fully saturated rings. The van der Waals surface area contributed by atoms with Crippen molar-refractivity contribution in [3.8, 4) is 0 Å². The minimum absolute atomic E-state index is 0.698. The summed E-state index contributed by atoms with van der Waals surface area (Å²) < 4.78 is 0. The fourth-order valence-electron chi connectivity index (χ4n) is 0.711. The van der Waals surface area contributed by atoms with Gasteiger partial charge in [-0.05, 0) is 6.92 Å². The van der Waals surface area contributed by atoms with E-state index in [2.05, 4.69) is 11.6 Å². The van der Waals surface area contributed by atoms with Crippen LogP contribution < -0.4 is 5.73 Å². The molecule has 1 heterocycles. The molecular formula is C7H10N2S. The molecule has 1 aromatic rings. The van der Waals surface area contributed by atoms with E-state index >= 15 is 0 Å². The van der Waals surface area contributed by atoms with Crippen molar-refractivity contribution in [3.05, 3.63) is 28.4 Å². The molecule has 0 aliphatic carbocycles. The van der Waals surface area contributed by atoms with Crippen LogP contribution in [0.1, 0.15) is 9.88 Å². The first-order valence-corrected chi connectivity index (χ1v) is 3.84. The first kappa shape index (κ1) is 7.28. The highest BCUT2D eigenvalue weighted by molar-refractivity contribution is 7.11. The van der Waals surface area contributed by atoms with Crippen molar-refractivity contribution in [1.82, 2.24) is 4.98 Å². The van der Waals surface area contributed by atoms with Crippen LogP contribution in [0.2, 0.25) is 0 Å². The first-order valence-electron chi connectivity index (χ1n) is 3.03. The molecule has 0 aliphatic rings. The maximum absolute atomic E-state index is 5.42. The van der Waals surface area contributed by atoms with Crippen LogP contribution in [0.15, 0.2) is 18.5 Å². The van der Waals surface area contributed by atoms with Gasteiger partial charge in [0.1, 0.15) is 0 Å². The number of aromatic nitrogens is 1. The van der Waals surface area contributed by atoms with Crippen molar-refractivity contribution in [2.45, 2.75) is 13.3 Å². The number of hydrogen-bond acceptors (Lipinski definition) is 3. The Morgan fingerprint density at radius 2 is 2.60 bits per heavy atom. The van der Waals surface area contributed by atoms with Crippen LogP contribution >= 0.6 is 11.3 Å². The summed E-state index contributed by atoms with van der Waals surface area (Å²) in [5.74, 6) is 0. The van der Waals surface area contributed by atoms with Crippen LogP contribution in [0.5, 0.6) is 0 Å². The van der Waals surface area contributed by atoms with Crippen molar-refractivity contribution < 1.29 is 0 Å². The molecule has 0 atom stereocenters. The summed E-state index contributed by atoms with van der Waals surface area (Å²) >= 11 is 1.66. The smallest absolute Gasteiger partial charge is 0.0896 e. The molecule has 1 aromatic heterocycles. The highest BCUT2D eigenvalue weighted by Gasteiger charge is 1.96. The minimum atomic E-state index is 0.698. The second-order valence-electron chi connectivity index (χ2n) is 2.18. The number of rotatable bonds is 2. The Morgan fingerprint density at radius 1 is 1.90 bits per heavy atom. The molecule has 0 saturated carbocycles. The van der Waals surface area contributed by atoms with Gasteiger partial charge in [0.25, 0.3) is 0 Å². The predicted octanol–water partition coefficient (Wildman–Crippen LogP) is 1.47. The van der Waals surface area contributed by atoms with Crippen LogP contribution in [0.25, 0.3) is 0 Å². The molecule has 0 spiro atoms. The number of allylic oxidation sites excluding steroid dienone is 1. The minimum Gasteiger partial charge on any atom is -0.402 e. The quantitative estimate of drug-likeness (QED) is 0.700. The fraction of sp³-hybridized carbons (Fsp3) is 0.286. The van der Waals surface area contributed by atoms with Crippen molar-refractivity contribution in [1.29, 1.82) is 0 Å². The molecule has 0 aromatic carbocycles. The maximum Gasteiger partial charge on any atom is 0.0896 e. The number of nitrogens with two attached hydrogens (primary N) is 1. The molecular weight excluding hydrogens is 144 g/mol. The highest BCUT2D eigenvalue weighted by Crippen LogP contribution is 2.13. The van der Waals surface area contributed by atoms with Crippen molar-refractivity contribution >= 4 is 11.3 Å². The van der Waals surface area contributed by atoms with Gasteiger partial charge in [-0.3, -0.25) is 0 Å². The lowest BCUT2D eigenvalue weighted by molar-refractivity contribution is 1.14. The molecule has 2 N–H and O–H groups in total. The Labute approximate surface area is 64.4 Å². The Hall–Kier alpha value is -0.830. The summed E-state index contributed by atoms with van der Waals surface area (Å²) in [5.41, 5.74) is 6.12. The average molecular weight is 154 g/mol. The molecule has 0 saturated heterocycles. The van der Waals surface area contributed by atoms with E-state index in [9.17, 15) is 0 Å². The van der Waals surface area contributed by atoms with Gasteiger partial charge in [-0.15, -0.1) is 11.3 Å². The van der Waals surface area contributed by atoms with Gasteiger partial charge in [0.15, 0.2) is 0 Å². The second-order valence-corrected chi connectivity index (χ2v) is 3.50. The molecule has 0 radical (unpaired) electrons. The number of hydrogen-bond donors (Lipinski definition) is 1. The lowest BCUT2D eigenvalue weighted by atomic mass is 10.3. The summed E-state index contributed by atoms with van der Waals surface area (Å²) in [6.45, 7) is 5.60. The Morgan fingerprint density at radius 3 is 3.00 bits per heavy atom. The van der Waals surface area contributed by atoms with Gasteiger partial charge >= 0.3 is 0 Å². The van der Waals surface area contributed by atoms with Gasteiger partial charge in [0.2, 0.25) is 0 Å². The third-order valence-electron chi connectivity index (χ3n) is 1.07. The van der Waals surface area contributed by atoms with Crippen LogP contribution in [0, 0.1) is 6.92 Å². The van der Waals surface area contributed by atoms with E-state index in [0.717, 1.165) is 11.4 Å².